The molecule has 5 nitrogen and oxygen atoms in total. The van der Waals surface area contributed by atoms with E-state index in [1.54, 1.807) is 14.0 Å². The Morgan fingerprint density at radius 3 is 2.63 bits per heavy atom. The lowest BCUT2D eigenvalue weighted by Crippen LogP contribution is -2.34. The van der Waals surface area contributed by atoms with Gasteiger partial charge in [-0.2, -0.15) is 0 Å². The predicted octanol–water partition coefficient (Wildman–Crippen LogP) is 4.21. The lowest BCUT2D eigenvalue weighted by molar-refractivity contribution is -0.130. The molecule has 2 aliphatic heterocycles. The molecule has 30 heavy (non-hydrogen) atoms. The van der Waals surface area contributed by atoms with Crippen LogP contribution in [0.25, 0.3) is 10.9 Å². The summed E-state index contributed by atoms with van der Waals surface area (Å²) in [6.45, 7) is 6.48. The summed E-state index contributed by atoms with van der Waals surface area (Å²) in [5.41, 5.74) is 3.42. The fraction of sp³-hybridized carbons (Fsp3) is 0.360. The molecule has 2 fully saturated rings. The third-order valence-electron chi connectivity index (χ3n) is 6.79. The second kappa shape index (κ2) is 7.31. The van der Waals surface area contributed by atoms with E-state index in [4.69, 9.17) is 9.72 Å². The largest absolute Gasteiger partial charge is 0.494 e. The van der Waals surface area contributed by atoms with E-state index in [1.807, 2.05) is 12.1 Å². The minimum atomic E-state index is 0.133. The highest BCUT2D eigenvalue weighted by atomic mass is 16.5. The summed E-state index contributed by atoms with van der Waals surface area (Å²) in [7, 11) is 1.69. The molecular formula is C25H27N3O2. The number of benzene rings is 2. The first-order chi connectivity index (χ1) is 14.6. The first-order valence-corrected chi connectivity index (χ1v) is 10.6. The Hall–Kier alpha value is -3.08. The maximum absolute atomic E-state index is 12.4. The van der Waals surface area contributed by atoms with Crippen LogP contribution >= 0.6 is 0 Å². The van der Waals surface area contributed by atoms with Gasteiger partial charge in [-0.05, 0) is 36.2 Å². The molecule has 3 heterocycles. The molecule has 0 bridgehead atoms. The van der Waals surface area contributed by atoms with E-state index in [1.165, 1.54) is 11.1 Å². The number of hydrogen-bond donors (Lipinski definition) is 0. The number of fused-ring (bicyclic) bond motifs is 2. The number of amides is 1. The average molecular weight is 402 g/mol. The van der Waals surface area contributed by atoms with Gasteiger partial charge in [0.05, 0.1) is 13.2 Å². The van der Waals surface area contributed by atoms with Crippen molar-refractivity contribution in [1.29, 1.82) is 0 Å². The third kappa shape index (κ3) is 3.00. The van der Waals surface area contributed by atoms with E-state index in [0.717, 1.165) is 42.1 Å². The Balaban J connectivity index is 1.48. The maximum atomic E-state index is 12.4. The highest BCUT2D eigenvalue weighted by Gasteiger charge is 2.49. The monoisotopic (exact) mass is 401 g/mol. The highest BCUT2D eigenvalue weighted by Crippen LogP contribution is 2.46. The van der Waals surface area contributed by atoms with Crippen LogP contribution in [0, 0.1) is 18.8 Å². The van der Waals surface area contributed by atoms with Gasteiger partial charge in [0.25, 0.3) is 0 Å². The predicted molar refractivity (Wildman–Crippen MR) is 119 cm³/mol. The minimum absolute atomic E-state index is 0.133. The standard InChI is InChI=1S/C25H27N3O2/c1-16-7-4-5-9-20(16)25-21-15-27(13-19(21)14-28(25)17(2)29)23-12-11-18-8-6-10-22(30-3)24(18)26-23/h4-12,19,21,25H,13-15H2,1-3H3/t19-,21-,25-/m1/s1. The number of methoxy groups -OCH3 is 1. The van der Waals surface area contributed by atoms with Crippen LogP contribution in [0.15, 0.2) is 54.6 Å². The molecule has 0 radical (unpaired) electrons. The summed E-state index contributed by atoms with van der Waals surface area (Å²) in [6, 6.07) is 18.8. The first kappa shape index (κ1) is 18.9. The van der Waals surface area contributed by atoms with E-state index in [2.05, 4.69) is 59.2 Å². The van der Waals surface area contributed by atoms with Crippen molar-refractivity contribution in [2.24, 2.45) is 11.8 Å². The Labute approximate surface area is 177 Å². The number of carbonyl (C=O) groups is 1. The van der Waals surface area contributed by atoms with Crippen molar-refractivity contribution in [2.45, 2.75) is 19.9 Å². The van der Waals surface area contributed by atoms with Crippen LogP contribution in [0.5, 0.6) is 5.75 Å². The van der Waals surface area contributed by atoms with Crippen molar-refractivity contribution >= 4 is 22.6 Å². The molecule has 3 atom stereocenters. The quantitative estimate of drug-likeness (QED) is 0.660. The van der Waals surface area contributed by atoms with Gasteiger partial charge >= 0.3 is 0 Å². The fourth-order valence-corrected chi connectivity index (χ4v) is 5.32. The molecule has 0 unspecified atom stereocenters. The number of aryl methyl sites for hydroxylation is 1. The Bertz CT molecular complexity index is 1110. The summed E-state index contributed by atoms with van der Waals surface area (Å²) in [4.78, 5) is 21.8. The van der Waals surface area contributed by atoms with Crippen molar-refractivity contribution in [2.75, 3.05) is 31.6 Å². The molecular weight excluding hydrogens is 374 g/mol. The van der Waals surface area contributed by atoms with Crippen LogP contribution < -0.4 is 9.64 Å². The summed E-state index contributed by atoms with van der Waals surface area (Å²) in [6.07, 6.45) is 0. The molecule has 2 aromatic carbocycles. The zero-order valence-corrected chi connectivity index (χ0v) is 17.7. The summed E-state index contributed by atoms with van der Waals surface area (Å²) < 4.78 is 5.52. The van der Waals surface area contributed by atoms with Gasteiger partial charge in [0.2, 0.25) is 5.91 Å². The number of ether oxygens (including phenoxy) is 1. The van der Waals surface area contributed by atoms with Gasteiger partial charge in [-0.1, -0.05) is 36.4 Å². The Morgan fingerprint density at radius 2 is 1.87 bits per heavy atom. The number of anilines is 1. The maximum Gasteiger partial charge on any atom is 0.219 e. The molecule has 2 saturated heterocycles. The molecule has 1 amide bonds. The number of para-hydroxylation sites is 1. The molecule has 154 valence electrons. The van der Waals surface area contributed by atoms with Crippen LogP contribution in [0.2, 0.25) is 0 Å². The lowest BCUT2D eigenvalue weighted by Gasteiger charge is -2.30. The molecule has 3 aromatic rings. The van der Waals surface area contributed by atoms with Crippen LogP contribution in [0.4, 0.5) is 5.82 Å². The second-order valence-corrected chi connectivity index (χ2v) is 8.50. The summed E-state index contributed by atoms with van der Waals surface area (Å²) in [5, 5.41) is 1.08. The summed E-state index contributed by atoms with van der Waals surface area (Å²) in [5.74, 6) is 2.81. The number of nitrogens with zero attached hydrogens (tertiary/aromatic N) is 3. The van der Waals surface area contributed by atoms with Crippen molar-refractivity contribution in [3.8, 4) is 5.75 Å². The number of likely N-dealkylation sites (tertiary alicyclic amines) is 1. The van der Waals surface area contributed by atoms with Crippen LogP contribution in [0.3, 0.4) is 0 Å². The van der Waals surface area contributed by atoms with Crippen molar-refractivity contribution in [3.63, 3.8) is 0 Å². The van der Waals surface area contributed by atoms with Crippen molar-refractivity contribution < 1.29 is 9.53 Å². The topological polar surface area (TPSA) is 45.7 Å². The number of pyridine rings is 1. The van der Waals surface area contributed by atoms with Gasteiger partial charge in [-0.3, -0.25) is 4.79 Å². The molecule has 0 saturated carbocycles. The fourth-order valence-electron chi connectivity index (χ4n) is 5.32. The van der Waals surface area contributed by atoms with E-state index in [-0.39, 0.29) is 11.9 Å². The zero-order valence-electron chi connectivity index (χ0n) is 17.7. The highest BCUT2D eigenvalue weighted by molar-refractivity contribution is 5.86. The van der Waals surface area contributed by atoms with Gasteiger partial charge in [0, 0.05) is 43.8 Å². The van der Waals surface area contributed by atoms with Crippen LogP contribution in [-0.2, 0) is 4.79 Å². The van der Waals surface area contributed by atoms with E-state index in [9.17, 15) is 4.79 Å². The van der Waals surface area contributed by atoms with Gasteiger partial charge in [-0.15, -0.1) is 0 Å². The normalized spacial score (nSPS) is 23.1. The number of carbonyl (C=O) groups excluding carboxylic acids is 1. The van der Waals surface area contributed by atoms with Crippen LogP contribution in [0.1, 0.15) is 24.1 Å². The molecule has 5 heteroatoms. The minimum Gasteiger partial charge on any atom is -0.494 e. The van der Waals surface area contributed by atoms with Gasteiger partial charge < -0.3 is 14.5 Å². The summed E-state index contributed by atoms with van der Waals surface area (Å²) >= 11 is 0. The average Bonchev–Trinajstić information content (AvgIpc) is 3.32. The van der Waals surface area contributed by atoms with E-state index >= 15 is 0 Å². The third-order valence-corrected chi connectivity index (χ3v) is 6.79. The molecule has 2 aliphatic rings. The second-order valence-electron chi connectivity index (χ2n) is 8.50. The molecule has 0 spiro atoms. The Kier molecular flexibility index (Phi) is 4.61. The number of aromatic nitrogens is 1. The smallest absolute Gasteiger partial charge is 0.219 e. The zero-order chi connectivity index (χ0) is 20.8. The van der Waals surface area contributed by atoms with E-state index < -0.39 is 0 Å². The Morgan fingerprint density at radius 1 is 1.03 bits per heavy atom. The molecule has 0 aliphatic carbocycles. The van der Waals surface area contributed by atoms with Gasteiger partial charge in [0.15, 0.2) is 0 Å². The SMILES string of the molecule is COc1cccc2ccc(N3C[C@@H]4CN(C(C)=O)[C@H](c5ccccc5C)[C@@H]4C3)nc12. The first-order valence-electron chi connectivity index (χ1n) is 10.6. The molecule has 5 rings (SSSR count). The number of hydrogen-bond acceptors (Lipinski definition) is 4. The van der Waals surface area contributed by atoms with Crippen LogP contribution in [-0.4, -0.2) is 42.5 Å². The van der Waals surface area contributed by atoms with E-state index in [0.29, 0.717) is 11.8 Å². The van der Waals surface area contributed by atoms with Gasteiger partial charge in [-0.25, -0.2) is 4.98 Å². The molecule has 0 N–H and O–H groups in total. The molecule has 1 aromatic heterocycles. The van der Waals surface area contributed by atoms with Crippen molar-refractivity contribution in [3.05, 3.63) is 65.7 Å². The lowest BCUT2D eigenvalue weighted by atomic mass is 9.87. The van der Waals surface area contributed by atoms with Gasteiger partial charge in [0.1, 0.15) is 17.1 Å². The number of rotatable bonds is 3. The van der Waals surface area contributed by atoms with Crippen molar-refractivity contribution in [1.82, 2.24) is 9.88 Å².